The first-order valence-electron chi connectivity index (χ1n) is 9.08. The number of amides is 2. The van der Waals surface area contributed by atoms with Crippen LogP contribution in [0.15, 0.2) is 78.9 Å². The fourth-order valence-corrected chi connectivity index (χ4v) is 3.03. The van der Waals surface area contributed by atoms with Crippen molar-refractivity contribution in [2.75, 3.05) is 11.9 Å². The third kappa shape index (κ3) is 5.44. The van der Waals surface area contributed by atoms with Gasteiger partial charge in [-0.25, -0.2) is 0 Å². The second kappa shape index (κ2) is 8.90. The zero-order valence-corrected chi connectivity index (χ0v) is 16.6. The van der Waals surface area contributed by atoms with Gasteiger partial charge < -0.3 is 15.7 Å². The molecule has 3 aromatic rings. The smallest absolute Gasteiger partial charge is 0.313 e. The zero-order valence-electron chi connectivity index (χ0n) is 15.9. The number of anilines is 1. The average Bonchev–Trinajstić information content (AvgIpc) is 2.73. The molecule has 1 atom stereocenters. The molecule has 0 aliphatic heterocycles. The topological polar surface area (TPSA) is 78.4 Å². The fourth-order valence-electron chi connectivity index (χ4n) is 2.84. The molecule has 2 amide bonds. The highest BCUT2D eigenvalue weighted by Crippen LogP contribution is 2.24. The van der Waals surface area contributed by atoms with Crippen molar-refractivity contribution in [3.8, 4) is 11.1 Å². The molecule has 5 nitrogen and oxygen atoms in total. The second-order valence-corrected chi connectivity index (χ2v) is 7.30. The van der Waals surface area contributed by atoms with Crippen molar-refractivity contribution >= 4 is 29.1 Å². The van der Waals surface area contributed by atoms with Gasteiger partial charge in [-0.2, -0.15) is 0 Å². The van der Waals surface area contributed by atoms with Crippen LogP contribution in [0.3, 0.4) is 0 Å². The Bertz CT molecular complexity index is 1000. The number of halogens is 1. The molecular weight excluding hydrogens is 388 g/mol. The molecule has 0 aliphatic carbocycles. The molecule has 0 heterocycles. The Balaban J connectivity index is 1.60. The largest absolute Gasteiger partial charge is 0.384 e. The third-order valence-corrected chi connectivity index (χ3v) is 4.73. The Kier molecular flexibility index (Phi) is 6.32. The van der Waals surface area contributed by atoms with E-state index in [-0.39, 0.29) is 6.54 Å². The van der Waals surface area contributed by atoms with E-state index in [9.17, 15) is 14.7 Å². The van der Waals surface area contributed by atoms with Crippen molar-refractivity contribution < 1.29 is 14.7 Å². The third-order valence-electron chi connectivity index (χ3n) is 4.50. The van der Waals surface area contributed by atoms with Crippen molar-refractivity contribution in [3.63, 3.8) is 0 Å². The van der Waals surface area contributed by atoms with Crippen LogP contribution in [0.1, 0.15) is 12.5 Å². The van der Waals surface area contributed by atoms with Crippen molar-refractivity contribution in [1.29, 1.82) is 0 Å². The Labute approximate surface area is 174 Å². The first-order chi connectivity index (χ1) is 13.8. The molecular formula is C23H21ClN2O3. The molecule has 0 spiro atoms. The number of carbonyl (C=O) groups excluding carboxylic acids is 2. The SMILES string of the molecule is CC(O)(CNC(=O)C(=O)Nc1cccc(Cl)c1)c1ccc(-c2ccccc2)cc1. The molecule has 3 N–H and O–H groups in total. The first-order valence-corrected chi connectivity index (χ1v) is 9.46. The quantitative estimate of drug-likeness (QED) is 0.559. The van der Waals surface area contributed by atoms with E-state index in [1.807, 2.05) is 42.5 Å². The summed E-state index contributed by atoms with van der Waals surface area (Å²) in [6.07, 6.45) is 0. The molecule has 3 aromatic carbocycles. The Morgan fingerprint density at radius 3 is 2.21 bits per heavy atom. The lowest BCUT2D eigenvalue weighted by atomic mass is 9.93. The van der Waals surface area contributed by atoms with Crippen LogP contribution >= 0.6 is 11.6 Å². The molecule has 29 heavy (non-hydrogen) atoms. The highest BCUT2D eigenvalue weighted by atomic mass is 35.5. The van der Waals surface area contributed by atoms with Crippen LogP contribution in [0.2, 0.25) is 5.02 Å². The highest BCUT2D eigenvalue weighted by molar-refractivity contribution is 6.39. The van der Waals surface area contributed by atoms with Crippen LogP contribution in [0.4, 0.5) is 5.69 Å². The summed E-state index contributed by atoms with van der Waals surface area (Å²) in [7, 11) is 0. The molecule has 0 saturated carbocycles. The van der Waals surface area contributed by atoms with Gasteiger partial charge in [-0.3, -0.25) is 9.59 Å². The van der Waals surface area contributed by atoms with Crippen molar-refractivity contribution in [2.45, 2.75) is 12.5 Å². The standard InChI is InChI=1S/C23H21ClN2O3/c1-23(29,18-12-10-17(11-13-18)16-6-3-2-4-7-16)15-25-21(27)22(28)26-20-9-5-8-19(24)14-20/h2-14,29H,15H2,1H3,(H,25,27)(H,26,28). The fraction of sp³-hybridized carbons (Fsp3) is 0.130. The maximum absolute atomic E-state index is 12.1. The summed E-state index contributed by atoms with van der Waals surface area (Å²) in [4.78, 5) is 24.1. The summed E-state index contributed by atoms with van der Waals surface area (Å²) in [5, 5.41) is 16.1. The number of hydrogen-bond acceptors (Lipinski definition) is 3. The summed E-state index contributed by atoms with van der Waals surface area (Å²) in [5.41, 5.74) is 1.81. The molecule has 0 aromatic heterocycles. The molecule has 0 aliphatic rings. The van der Waals surface area contributed by atoms with Crippen molar-refractivity contribution in [1.82, 2.24) is 5.32 Å². The molecule has 0 radical (unpaired) electrons. The molecule has 1 unspecified atom stereocenters. The van der Waals surface area contributed by atoms with Crippen LogP contribution < -0.4 is 10.6 Å². The van der Waals surface area contributed by atoms with Crippen molar-refractivity contribution in [3.05, 3.63) is 89.4 Å². The number of carbonyl (C=O) groups is 2. The minimum absolute atomic E-state index is 0.112. The molecule has 0 bridgehead atoms. The van der Waals surface area contributed by atoms with Crippen LogP contribution in [0.25, 0.3) is 11.1 Å². The minimum atomic E-state index is -1.33. The van der Waals surface area contributed by atoms with Gasteiger partial charge in [0.25, 0.3) is 0 Å². The van der Waals surface area contributed by atoms with Crippen molar-refractivity contribution in [2.24, 2.45) is 0 Å². The van der Waals surface area contributed by atoms with Gasteiger partial charge >= 0.3 is 11.8 Å². The van der Waals surface area contributed by atoms with Gasteiger partial charge in [-0.1, -0.05) is 72.3 Å². The van der Waals surface area contributed by atoms with E-state index in [1.165, 1.54) is 6.07 Å². The van der Waals surface area contributed by atoms with E-state index in [4.69, 9.17) is 11.6 Å². The monoisotopic (exact) mass is 408 g/mol. The average molecular weight is 409 g/mol. The van der Waals surface area contributed by atoms with E-state index in [2.05, 4.69) is 10.6 Å². The molecule has 6 heteroatoms. The van der Waals surface area contributed by atoms with Gasteiger partial charge in [0.2, 0.25) is 0 Å². The molecule has 0 saturated heterocycles. The summed E-state index contributed by atoms with van der Waals surface area (Å²) in [5.74, 6) is -1.67. The lowest BCUT2D eigenvalue weighted by molar-refractivity contribution is -0.136. The lowest BCUT2D eigenvalue weighted by Crippen LogP contribution is -2.43. The van der Waals surface area contributed by atoms with E-state index in [0.717, 1.165) is 11.1 Å². The number of nitrogens with one attached hydrogen (secondary N) is 2. The predicted octanol–water partition coefficient (Wildman–Crippen LogP) is 3.97. The highest BCUT2D eigenvalue weighted by Gasteiger charge is 2.25. The van der Waals surface area contributed by atoms with E-state index in [0.29, 0.717) is 16.3 Å². The Hall–Kier alpha value is -3.15. The molecule has 0 fully saturated rings. The lowest BCUT2D eigenvalue weighted by Gasteiger charge is -2.24. The Morgan fingerprint density at radius 2 is 1.55 bits per heavy atom. The number of hydrogen-bond donors (Lipinski definition) is 3. The predicted molar refractivity (Wildman–Crippen MR) is 115 cm³/mol. The second-order valence-electron chi connectivity index (χ2n) is 6.86. The van der Waals surface area contributed by atoms with E-state index >= 15 is 0 Å². The van der Waals surface area contributed by atoms with Gasteiger partial charge in [-0.15, -0.1) is 0 Å². The van der Waals surface area contributed by atoms with Crippen LogP contribution in [0, 0.1) is 0 Å². The van der Waals surface area contributed by atoms with Gasteiger partial charge in [0.15, 0.2) is 0 Å². The normalized spacial score (nSPS) is 12.7. The summed E-state index contributed by atoms with van der Waals surface area (Å²) in [6, 6.07) is 23.8. The maximum Gasteiger partial charge on any atom is 0.313 e. The zero-order chi connectivity index (χ0) is 20.9. The van der Waals surface area contributed by atoms with E-state index < -0.39 is 17.4 Å². The molecule has 3 rings (SSSR count). The van der Waals surface area contributed by atoms with Gasteiger partial charge in [-0.05, 0) is 41.8 Å². The van der Waals surface area contributed by atoms with E-state index in [1.54, 1.807) is 37.3 Å². The molecule has 148 valence electrons. The minimum Gasteiger partial charge on any atom is -0.384 e. The number of benzene rings is 3. The van der Waals surface area contributed by atoms with Crippen LogP contribution in [-0.4, -0.2) is 23.5 Å². The van der Waals surface area contributed by atoms with Crippen LogP contribution in [-0.2, 0) is 15.2 Å². The number of aliphatic hydroxyl groups is 1. The maximum atomic E-state index is 12.1. The number of rotatable bonds is 5. The first kappa shape index (κ1) is 20.6. The summed E-state index contributed by atoms with van der Waals surface area (Å²) < 4.78 is 0. The summed E-state index contributed by atoms with van der Waals surface area (Å²) in [6.45, 7) is 1.47. The van der Waals surface area contributed by atoms with Gasteiger partial charge in [0, 0.05) is 10.7 Å². The van der Waals surface area contributed by atoms with Gasteiger partial charge in [0.05, 0.1) is 6.54 Å². The Morgan fingerprint density at radius 1 is 0.897 bits per heavy atom. The summed E-state index contributed by atoms with van der Waals surface area (Å²) >= 11 is 5.86. The van der Waals surface area contributed by atoms with Crippen LogP contribution in [0.5, 0.6) is 0 Å². The van der Waals surface area contributed by atoms with Gasteiger partial charge in [0.1, 0.15) is 5.60 Å².